The van der Waals surface area contributed by atoms with Crippen molar-refractivity contribution in [2.24, 2.45) is 0 Å². The van der Waals surface area contributed by atoms with Crippen molar-refractivity contribution in [3.63, 3.8) is 0 Å². The number of nitro groups is 1. The van der Waals surface area contributed by atoms with Crippen LogP contribution in [0.15, 0.2) is 53.4 Å². The summed E-state index contributed by atoms with van der Waals surface area (Å²) in [6, 6.07) is 11.8. The standard InChI is InChI=1S/C21H22N4O6S/c1-15-7-8-18(25(28)29)13-19(15)32(30,31)22-11-9-16(10-12-22)23-14-20(26)24(21(23)27)17-5-3-2-4-6-17/h2-8,13,16H,9-12,14H2,1H3. The molecule has 2 fully saturated rings. The molecule has 0 aromatic heterocycles. The number of aryl methyl sites for hydroxylation is 1. The minimum atomic E-state index is -3.93. The van der Waals surface area contributed by atoms with Gasteiger partial charge in [-0.1, -0.05) is 24.3 Å². The number of piperidine rings is 1. The van der Waals surface area contributed by atoms with Crippen molar-refractivity contribution in [2.45, 2.75) is 30.7 Å². The van der Waals surface area contributed by atoms with E-state index in [1.165, 1.54) is 21.3 Å². The van der Waals surface area contributed by atoms with Gasteiger partial charge in [-0.15, -0.1) is 0 Å². The molecule has 2 aliphatic heterocycles. The summed E-state index contributed by atoms with van der Waals surface area (Å²) in [5.74, 6) is -0.316. The molecule has 2 aliphatic rings. The molecule has 10 nitrogen and oxygen atoms in total. The monoisotopic (exact) mass is 458 g/mol. The van der Waals surface area contributed by atoms with Gasteiger partial charge in [0.05, 0.1) is 15.5 Å². The number of non-ortho nitro benzene ring substituents is 1. The molecular weight excluding hydrogens is 436 g/mol. The van der Waals surface area contributed by atoms with Gasteiger partial charge in [0.15, 0.2) is 0 Å². The van der Waals surface area contributed by atoms with Crippen LogP contribution < -0.4 is 4.90 Å². The number of benzene rings is 2. The number of rotatable bonds is 5. The van der Waals surface area contributed by atoms with E-state index in [0.29, 0.717) is 24.1 Å². The number of amides is 3. The van der Waals surface area contributed by atoms with Crippen LogP contribution in [0.3, 0.4) is 0 Å². The van der Waals surface area contributed by atoms with Gasteiger partial charge in [-0.3, -0.25) is 14.9 Å². The molecular formula is C21H22N4O6S. The van der Waals surface area contributed by atoms with Gasteiger partial charge in [-0.05, 0) is 37.5 Å². The van der Waals surface area contributed by atoms with E-state index < -0.39 is 21.0 Å². The smallest absolute Gasteiger partial charge is 0.312 e. The number of hydrogen-bond donors (Lipinski definition) is 0. The van der Waals surface area contributed by atoms with Gasteiger partial charge in [0.25, 0.3) is 11.6 Å². The van der Waals surface area contributed by atoms with Gasteiger partial charge in [0, 0.05) is 31.3 Å². The Morgan fingerprint density at radius 2 is 1.69 bits per heavy atom. The molecule has 0 spiro atoms. The summed E-state index contributed by atoms with van der Waals surface area (Å²) in [6.45, 7) is 1.85. The van der Waals surface area contributed by atoms with E-state index >= 15 is 0 Å². The molecule has 0 N–H and O–H groups in total. The summed E-state index contributed by atoms with van der Waals surface area (Å²) in [6.07, 6.45) is 0.740. The van der Waals surface area contributed by atoms with Crippen molar-refractivity contribution < 1.29 is 22.9 Å². The number of urea groups is 1. The van der Waals surface area contributed by atoms with Crippen molar-refractivity contribution in [1.29, 1.82) is 0 Å². The SMILES string of the molecule is Cc1ccc([N+](=O)[O-])cc1S(=O)(=O)N1CCC(N2CC(=O)N(c3ccccc3)C2=O)CC1. The summed E-state index contributed by atoms with van der Waals surface area (Å²) in [5, 5.41) is 11.1. The van der Waals surface area contributed by atoms with Crippen LogP contribution in [0.4, 0.5) is 16.2 Å². The van der Waals surface area contributed by atoms with E-state index in [9.17, 15) is 28.1 Å². The van der Waals surface area contributed by atoms with Crippen LogP contribution in [0.5, 0.6) is 0 Å². The molecule has 0 saturated carbocycles. The lowest BCUT2D eigenvalue weighted by Crippen LogP contribution is -2.48. The van der Waals surface area contributed by atoms with Crippen LogP contribution in [0.25, 0.3) is 0 Å². The zero-order chi connectivity index (χ0) is 23.0. The van der Waals surface area contributed by atoms with Gasteiger partial charge in [0.2, 0.25) is 10.0 Å². The molecule has 2 saturated heterocycles. The maximum absolute atomic E-state index is 13.1. The maximum Gasteiger partial charge on any atom is 0.332 e. The summed E-state index contributed by atoms with van der Waals surface area (Å²) >= 11 is 0. The van der Waals surface area contributed by atoms with E-state index in [1.807, 2.05) is 0 Å². The van der Waals surface area contributed by atoms with Gasteiger partial charge < -0.3 is 4.90 Å². The second-order valence-corrected chi connectivity index (χ2v) is 9.72. The maximum atomic E-state index is 13.1. The van der Waals surface area contributed by atoms with Crippen LogP contribution in [0.2, 0.25) is 0 Å². The predicted octanol–water partition coefficient (Wildman–Crippen LogP) is 2.53. The fraction of sp³-hybridized carbons (Fsp3) is 0.333. The van der Waals surface area contributed by atoms with Crippen LogP contribution in [0, 0.1) is 17.0 Å². The second kappa shape index (κ2) is 8.32. The quantitative estimate of drug-likeness (QED) is 0.386. The topological polar surface area (TPSA) is 121 Å². The van der Waals surface area contributed by atoms with Gasteiger partial charge in [0.1, 0.15) is 6.54 Å². The molecule has 2 heterocycles. The average molecular weight is 458 g/mol. The molecule has 2 aromatic rings. The third-order valence-corrected chi connectivity index (χ3v) is 7.91. The normalized spacial score (nSPS) is 18.4. The highest BCUT2D eigenvalue weighted by Gasteiger charge is 2.42. The summed E-state index contributed by atoms with van der Waals surface area (Å²) < 4.78 is 27.5. The number of nitro benzene ring substituents is 1. The van der Waals surface area contributed by atoms with Crippen LogP contribution in [-0.4, -0.2) is 60.2 Å². The number of imide groups is 1. The van der Waals surface area contributed by atoms with Crippen molar-refractivity contribution in [3.8, 4) is 0 Å². The van der Waals surface area contributed by atoms with Crippen LogP contribution >= 0.6 is 0 Å². The molecule has 2 aromatic carbocycles. The fourth-order valence-electron chi connectivity index (χ4n) is 4.15. The van der Waals surface area contributed by atoms with Gasteiger partial charge in [-0.25, -0.2) is 18.1 Å². The van der Waals surface area contributed by atoms with Gasteiger partial charge in [-0.2, -0.15) is 4.31 Å². The number of carbonyl (C=O) groups excluding carboxylic acids is 2. The third kappa shape index (κ3) is 3.84. The van der Waals surface area contributed by atoms with Crippen LogP contribution in [0.1, 0.15) is 18.4 Å². The van der Waals surface area contributed by atoms with Crippen molar-refractivity contribution in [2.75, 3.05) is 24.5 Å². The number of sulfonamides is 1. The molecule has 0 aliphatic carbocycles. The Labute approximate surface area is 185 Å². The van der Waals surface area contributed by atoms with Gasteiger partial charge >= 0.3 is 6.03 Å². The lowest BCUT2D eigenvalue weighted by molar-refractivity contribution is -0.385. The molecule has 0 bridgehead atoms. The van der Waals surface area contributed by atoms with E-state index in [-0.39, 0.29) is 42.2 Å². The minimum Gasteiger partial charge on any atom is -0.312 e. The number of nitrogens with zero attached hydrogens (tertiary/aromatic N) is 4. The summed E-state index contributed by atoms with van der Waals surface area (Å²) in [5.41, 5.74) is 0.647. The largest absolute Gasteiger partial charge is 0.332 e. The minimum absolute atomic E-state index is 0.0465. The first-order valence-electron chi connectivity index (χ1n) is 10.1. The lowest BCUT2D eigenvalue weighted by atomic mass is 10.1. The Bertz CT molecular complexity index is 1180. The molecule has 168 valence electrons. The Morgan fingerprint density at radius 3 is 2.31 bits per heavy atom. The molecule has 0 unspecified atom stereocenters. The summed E-state index contributed by atoms with van der Waals surface area (Å²) in [7, 11) is -3.93. The van der Waals surface area contributed by atoms with Crippen LogP contribution in [-0.2, 0) is 14.8 Å². The van der Waals surface area contributed by atoms with E-state index in [1.54, 1.807) is 37.3 Å². The lowest BCUT2D eigenvalue weighted by Gasteiger charge is -2.35. The van der Waals surface area contributed by atoms with E-state index in [2.05, 4.69) is 0 Å². The second-order valence-electron chi connectivity index (χ2n) is 7.82. The first-order valence-corrected chi connectivity index (χ1v) is 11.6. The number of carbonyl (C=O) groups is 2. The molecule has 0 atom stereocenters. The molecule has 4 rings (SSSR count). The average Bonchev–Trinajstić information content (AvgIpc) is 3.08. The highest BCUT2D eigenvalue weighted by Crippen LogP contribution is 2.30. The molecule has 32 heavy (non-hydrogen) atoms. The first kappa shape index (κ1) is 21.9. The van der Waals surface area contributed by atoms with Crippen molar-refractivity contribution in [1.82, 2.24) is 9.21 Å². The number of para-hydroxylation sites is 1. The Morgan fingerprint density at radius 1 is 1.03 bits per heavy atom. The Hall–Kier alpha value is -3.31. The van der Waals surface area contributed by atoms with E-state index in [4.69, 9.17) is 0 Å². The molecule has 3 amide bonds. The van der Waals surface area contributed by atoms with Crippen molar-refractivity contribution >= 4 is 33.3 Å². The highest BCUT2D eigenvalue weighted by atomic mass is 32.2. The number of hydrogen-bond acceptors (Lipinski definition) is 6. The summed E-state index contributed by atoms with van der Waals surface area (Å²) in [4.78, 5) is 38.4. The Balaban J connectivity index is 1.48. The number of anilines is 1. The molecule has 11 heteroatoms. The molecule has 0 radical (unpaired) electrons. The fourth-order valence-corrected chi connectivity index (χ4v) is 5.86. The van der Waals surface area contributed by atoms with E-state index in [0.717, 1.165) is 11.0 Å². The zero-order valence-electron chi connectivity index (χ0n) is 17.4. The first-order chi connectivity index (χ1) is 15.2. The Kier molecular flexibility index (Phi) is 5.70. The zero-order valence-corrected chi connectivity index (χ0v) is 18.2. The van der Waals surface area contributed by atoms with Crippen molar-refractivity contribution in [3.05, 3.63) is 64.2 Å². The third-order valence-electron chi connectivity index (χ3n) is 5.87. The highest BCUT2D eigenvalue weighted by molar-refractivity contribution is 7.89. The predicted molar refractivity (Wildman–Crippen MR) is 116 cm³/mol.